The van der Waals surface area contributed by atoms with Gasteiger partial charge >= 0.3 is 0 Å². The first kappa shape index (κ1) is 18.5. The molecule has 4 heteroatoms. The Morgan fingerprint density at radius 2 is 1.67 bits per heavy atom. The topological polar surface area (TPSA) is 66.8 Å². The third-order valence-electron chi connectivity index (χ3n) is 4.33. The van der Waals surface area contributed by atoms with Gasteiger partial charge in [0.15, 0.2) is 17.3 Å². The minimum absolute atomic E-state index is 0.0626. The highest BCUT2D eigenvalue weighted by Crippen LogP contribution is 2.35. The van der Waals surface area contributed by atoms with Crippen molar-refractivity contribution in [2.24, 2.45) is 0 Å². The van der Waals surface area contributed by atoms with Gasteiger partial charge in [0.25, 0.3) is 0 Å². The number of aromatic hydroxyl groups is 2. The highest BCUT2D eigenvalue weighted by Gasteiger charge is 2.16. The first-order valence-corrected chi connectivity index (χ1v) is 9.01. The quantitative estimate of drug-likeness (QED) is 0.547. The predicted octanol–water partition coefficient (Wildman–Crippen LogP) is 5.46. The summed E-state index contributed by atoms with van der Waals surface area (Å²) in [4.78, 5) is 12.9. The van der Waals surface area contributed by atoms with Crippen molar-refractivity contribution in [3.05, 3.63) is 83.4 Å². The van der Waals surface area contributed by atoms with E-state index in [1.807, 2.05) is 24.3 Å². The van der Waals surface area contributed by atoms with Crippen LogP contribution in [-0.4, -0.2) is 16.0 Å². The molecular formula is C23H22O4. The van der Waals surface area contributed by atoms with E-state index in [0.29, 0.717) is 16.9 Å². The fourth-order valence-corrected chi connectivity index (χ4v) is 2.81. The van der Waals surface area contributed by atoms with Gasteiger partial charge in [0.05, 0.1) is 5.56 Å². The molecule has 0 bridgehead atoms. The number of ether oxygens (including phenoxy) is 1. The summed E-state index contributed by atoms with van der Waals surface area (Å²) < 4.78 is 5.73. The van der Waals surface area contributed by atoms with Gasteiger partial charge in [-0.1, -0.05) is 49.7 Å². The number of ketones is 1. The Balaban J connectivity index is 1.85. The van der Waals surface area contributed by atoms with Crippen LogP contribution < -0.4 is 4.74 Å². The monoisotopic (exact) mass is 362 g/mol. The van der Waals surface area contributed by atoms with E-state index in [1.54, 1.807) is 24.3 Å². The number of phenols is 2. The predicted molar refractivity (Wildman–Crippen MR) is 105 cm³/mol. The van der Waals surface area contributed by atoms with E-state index in [2.05, 4.69) is 6.92 Å². The number of carbonyl (C=O) groups is 1. The fourth-order valence-electron chi connectivity index (χ4n) is 2.81. The number of phenolic OH excluding ortho intramolecular Hbond substituents is 2. The van der Waals surface area contributed by atoms with Gasteiger partial charge < -0.3 is 14.9 Å². The van der Waals surface area contributed by atoms with Crippen LogP contribution in [0.3, 0.4) is 0 Å². The van der Waals surface area contributed by atoms with Crippen molar-refractivity contribution in [2.75, 3.05) is 0 Å². The van der Waals surface area contributed by atoms with Gasteiger partial charge in [-0.25, -0.2) is 0 Å². The summed E-state index contributed by atoms with van der Waals surface area (Å²) in [5.41, 5.74) is 2.21. The van der Waals surface area contributed by atoms with Crippen LogP contribution in [-0.2, 0) is 6.42 Å². The van der Waals surface area contributed by atoms with Gasteiger partial charge in [-0.2, -0.15) is 0 Å². The van der Waals surface area contributed by atoms with Crippen molar-refractivity contribution in [3.8, 4) is 23.0 Å². The van der Waals surface area contributed by atoms with Crippen LogP contribution in [0.2, 0.25) is 0 Å². The minimum Gasteiger partial charge on any atom is -0.508 e. The highest BCUT2D eigenvalue weighted by molar-refractivity contribution is 6.10. The van der Waals surface area contributed by atoms with Crippen LogP contribution in [0.25, 0.3) is 0 Å². The van der Waals surface area contributed by atoms with Gasteiger partial charge in [-0.05, 0) is 42.7 Å². The molecule has 0 atom stereocenters. The summed E-state index contributed by atoms with van der Waals surface area (Å²) in [5.74, 6) is 0.109. The summed E-state index contributed by atoms with van der Waals surface area (Å²) in [6.45, 7) is 2.15. The first-order chi connectivity index (χ1) is 13.1. The molecule has 0 fully saturated rings. The summed E-state index contributed by atoms with van der Waals surface area (Å²) >= 11 is 0. The molecule has 3 rings (SSSR count). The number of carbonyl (C=O) groups excluding carboxylic acids is 1. The zero-order valence-corrected chi connectivity index (χ0v) is 15.2. The molecule has 3 aromatic carbocycles. The summed E-state index contributed by atoms with van der Waals surface area (Å²) in [6.07, 6.45) is 3.26. The molecule has 0 spiro atoms. The average molecular weight is 362 g/mol. The third-order valence-corrected chi connectivity index (χ3v) is 4.33. The van der Waals surface area contributed by atoms with E-state index in [4.69, 9.17) is 4.74 Å². The molecule has 0 heterocycles. The molecule has 4 nitrogen and oxygen atoms in total. The molecule has 27 heavy (non-hydrogen) atoms. The largest absolute Gasteiger partial charge is 0.508 e. The van der Waals surface area contributed by atoms with Crippen LogP contribution in [0.1, 0.15) is 41.3 Å². The van der Waals surface area contributed by atoms with E-state index in [0.717, 1.165) is 19.3 Å². The molecule has 138 valence electrons. The van der Waals surface area contributed by atoms with Gasteiger partial charge in [0.2, 0.25) is 0 Å². The van der Waals surface area contributed by atoms with E-state index < -0.39 is 0 Å². The van der Waals surface area contributed by atoms with Crippen molar-refractivity contribution >= 4 is 5.78 Å². The van der Waals surface area contributed by atoms with E-state index in [1.165, 1.54) is 23.8 Å². The van der Waals surface area contributed by atoms with Crippen LogP contribution in [0, 0.1) is 0 Å². The number of hydrogen-bond donors (Lipinski definition) is 2. The minimum atomic E-state index is -0.197. The molecular weight excluding hydrogens is 340 g/mol. The maximum absolute atomic E-state index is 12.9. The second kappa shape index (κ2) is 8.41. The highest BCUT2D eigenvalue weighted by atomic mass is 16.5. The number of benzene rings is 3. The lowest BCUT2D eigenvalue weighted by molar-refractivity contribution is 0.103. The van der Waals surface area contributed by atoms with E-state index >= 15 is 0 Å². The molecule has 0 saturated carbocycles. The SMILES string of the molecule is CCCCc1ccc(C(=O)c2ccccc2Oc2ccc(O)cc2O)cc1. The Labute approximate surface area is 158 Å². The number of unbranched alkanes of at least 4 members (excludes halogenated alkanes) is 1. The summed E-state index contributed by atoms with van der Waals surface area (Å²) in [6, 6.07) is 18.6. The third kappa shape index (κ3) is 4.47. The Kier molecular flexibility index (Phi) is 5.77. The van der Waals surface area contributed by atoms with Gasteiger partial charge in [-0.15, -0.1) is 0 Å². The zero-order valence-electron chi connectivity index (χ0n) is 15.2. The smallest absolute Gasteiger partial charge is 0.196 e. The van der Waals surface area contributed by atoms with Crippen molar-refractivity contribution in [1.82, 2.24) is 0 Å². The van der Waals surface area contributed by atoms with E-state index in [-0.39, 0.29) is 23.0 Å². The zero-order chi connectivity index (χ0) is 19.2. The van der Waals surface area contributed by atoms with Crippen molar-refractivity contribution in [3.63, 3.8) is 0 Å². The molecule has 0 unspecified atom stereocenters. The Morgan fingerprint density at radius 1 is 0.926 bits per heavy atom. The lowest BCUT2D eigenvalue weighted by Crippen LogP contribution is -2.04. The number of hydrogen-bond acceptors (Lipinski definition) is 4. The Bertz CT molecular complexity index is 929. The second-order valence-electron chi connectivity index (χ2n) is 6.38. The molecule has 0 saturated heterocycles. The lowest BCUT2D eigenvalue weighted by Gasteiger charge is -2.12. The normalized spacial score (nSPS) is 10.6. The summed E-state index contributed by atoms with van der Waals surface area (Å²) in [5, 5.41) is 19.3. The molecule has 2 N–H and O–H groups in total. The second-order valence-corrected chi connectivity index (χ2v) is 6.38. The first-order valence-electron chi connectivity index (χ1n) is 9.01. The molecule has 0 aliphatic carbocycles. The number of aryl methyl sites for hydroxylation is 1. The standard InChI is InChI=1S/C23H22O4/c1-2-3-6-16-9-11-17(12-10-16)23(26)19-7-4-5-8-21(19)27-22-14-13-18(24)15-20(22)25/h4-5,7-15,24-25H,2-3,6H2,1H3. The van der Waals surface area contributed by atoms with Crippen molar-refractivity contribution in [2.45, 2.75) is 26.2 Å². The number of rotatable bonds is 7. The van der Waals surface area contributed by atoms with Gasteiger partial charge in [0, 0.05) is 11.6 Å². The molecule has 3 aromatic rings. The van der Waals surface area contributed by atoms with Crippen molar-refractivity contribution in [1.29, 1.82) is 0 Å². The fraction of sp³-hybridized carbons (Fsp3) is 0.174. The number of para-hydroxylation sites is 1. The van der Waals surface area contributed by atoms with Crippen LogP contribution >= 0.6 is 0 Å². The Hall–Kier alpha value is -3.27. The van der Waals surface area contributed by atoms with Crippen LogP contribution in [0.15, 0.2) is 66.7 Å². The molecule has 0 amide bonds. The van der Waals surface area contributed by atoms with Crippen LogP contribution in [0.4, 0.5) is 0 Å². The summed E-state index contributed by atoms with van der Waals surface area (Å²) in [7, 11) is 0. The van der Waals surface area contributed by atoms with Gasteiger partial charge in [0.1, 0.15) is 11.5 Å². The maximum atomic E-state index is 12.9. The van der Waals surface area contributed by atoms with Crippen molar-refractivity contribution < 1.29 is 19.7 Å². The van der Waals surface area contributed by atoms with Crippen LogP contribution in [0.5, 0.6) is 23.0 Å². The molecule has 0 aliphatic rings. The van der Waals surface area contributed by atoms with Gasteiger partial charge in [-0.3, -0.25) is 4.79 Å². The molecule has 0 radical (unpaired) electrons. The lowest BCUT2D eigenvalue weighted by atomic mass is 10.00. The van der Waals surface area contributed by atoms with E-state index in [9.17, 15) is 15.0 Å². The average Bonchev–Trinajstić information content (AvgIpc) is 2.69. The Morgan fingerprint density at radius 3 is 2.37 bits per heavy atom. The molecule has 0 aliphatic heterocycles. The molecule has 0 aromatic heterocycles. The maximum Gasteiger partial charge on any atom is 0.196 e.